The van der Waals surface area contributed by atoms with E-state index in [1.165, 1.54) is 0 Å². The molecule has 0 radical (unpaired) electrons. The van der Waals surface area contributed by atoms with Gasteiger partial charge in [0.1, 0.15) is 0 Å². The van der Waals surface area contributed by atoms with E-state index >= 15 is 0 Å². The number of carboxylic acid groups (broad SMARTS) is 1. The molecule has 0 saturated heterocycles. The van der Waals surface area contributed by atoms with Crippen LogP contribution in [0.1, 0.15) is 53.4 Å². The lowest BCUT2D eigenvalue weighted by Gasteiger charge is -2.19. The molecule has 6 heteroatoms. The van der Waals surface area contributed by atoms with Crippen molar-refractivity contribution in [3.05, 3.63) is 60.2 Å². The van der Waals surface area contributed by atoms with Crippen LogP contribution in [0.5, 0.6) is 0 Å². The normalized spacial score (nSPS) is 9.62. The summed E-state index contributed by atoms with van der Waals surface area (Å²) in [6.07, 6.45) is 3.67. The minimum absolute atomic E-state index is 0. The highest BCUT2D eigenvalue weighted by atomic mass is 16.4. The van der Waals surface area contributed by atoms with Crippen molar-refractivity contribution in [2.75, 3.05) is 26.2 Å². The Morgan fingerprint density at radius 2 is 1.24 bits per heavy atom. The second-order valence-electron chi connectivity index (χ2n) is 5.80. The van der Waals surface area contributed by atoms with E-state index in [1.807, 2.05) is 69.3 Å². The maximum atomic E-state index is 10.1. The molecule has 2 aromatic rings. The van der Waals surface area contributed by atoms with Crippen LogP contribution in [-0.2, 0) is 17.9 Å². The molecule has 0 fully saturated rings. The molecule has 0 saturated carbocycles. The van der Waals surface area contributed by atoms with Crippen molar-refractivity contribution in [2.24, 2.45) is 0 Å². The second kappa shape index (κ2) is 19.0. The van der Waals surface area contributed by atoms with Crippen molar-refractivity contribution in [1.82, 2.24) is 19.8 Å². The van der Waals surface area contributed by atoms with Crippen LogP contribution in [0.4, 0.5) is 0 Å². The van der Waals surface area contributed by atoms with Gasteiger partial charge in [-0.2, -0.15) is 0 Å². The third kappa shape index (κ3) is 14.4. The Morgan fingerprint density at radius 1 is 0.828 bits per heavy atom. The summed E-state index contributed by atoms with van der Waals surface area (Å²) < 4.78 is 0. The van der Waals surface area contributed by atoms with E-state index in [1.54, 1.807) is 0 Å². The summed E-state index contributed by atoms with van der Waals surface area (Å²) in [4.78, 5) is 23.0. The molecule has 0 bridgehead atoms. The van der Waals surface area contributed by atoms with Gasteiger partial charge in [-0.1, -0.05) is 54.2 Å². The number of likely N-dealkylation sites (N-methyl/N-ethyl adjacent to an activating group) is 1. The average molecular weight is 405 g/mol. The van der Waals surface area contributed by atoms with Gasteiger partial charge in [0, 0.05) is 25.5 Å². The first kappa shape index (κ1) is 28.9. The van der Waals surface area contributed by atoms with Crippen LogP contribution >= 0.6 is 0 Å². The fourth-order valence-corrected chi connectivity index (χ4v) is 2.36. The number of pyridine rings is 2. The van der Waals surface area contributed by atoms with E-state index in [2.05, 4.69) is 33.9 Å². The van der Waals surface area contributed by atoms with E-state index < -0.39 is 5.97 Å². The van der Waals surface area contributed by atoms with Gasteiger partial charge in [0.25, 0.3) is 0 Å². The third-order valence-electron chi connectivity index (χ3n) is 3.92. The SMILES string of the molecule is C.CC.CCN(CC)CC(=O)O.CCN(Cc1ccccn1)Cc1ccccn1. The van der Waals surface area contributed by atoms with E-state index in [0.29, 0.717) is 0 Å². The van der Waals surface area contributed by atoms with Crippen molar-refractivity contribution in [1.29, 1.82) is 0 Å². The van der Waals surface area contributed by atoms with E-state index in [4.69, 9.17) is 5.11 Å². The smallest absolute Gasteiger partial charge is 0.317 e. The Kier molecular flexibility index (Phi) is 19.0. The predicted octanol–water partition coefficient (Wildman–Crippen LogP) is 4.57. The molecule has 2 rings (SSSR count). The second-order valence-corrected chi connectivity index (χ2v) is 5.80. The number of hydrogen-bond acceptors (Lipinski definition) is 5. The maximum Gasteiger partial charge on any atom is 0.317 e. The Labute approximate surface area is 177 Å². The Hall–Kier alpha value is -2.31. The summed E-state index contributed by atoms with van der Waals surface area (Å²) in [7, 11) is 0. The van der Waals surface area contributed by atoms with Gasteiger partial charge in [0.15, 0.2) is 0 Å². The van der Waals surface area contributed by atoms with E-state index in [0.717, 1.165) is 44.1 Å². The van der Waals surface area contributed by atoms with Crippen LogP contribution in [0.3, 0.4) is 0 Å². The first-order chi connectivity index (χ1) is 13.6. The average Bonchev–Trinajstić information content (AvgIpc) is 2.74. The Bertz CT molecular complexity index is 563. The zero-order valence-corrected chi connectivity index (χ0v) is 18.0. The van der Waals surface area contributed by atoms with Crippen LogP contribution in [0.2, 0.25) is 0 Å². The van der Waals surface area contributed by atoms with Gasteiger partial charge < -0.3 is 5.11 Å². The van der Waals surface area contributed by atoms with Crippen molar-refractivity contribution < 1.29 is 9.90 Å². The topological polar surface area (TPSA) is 69.6 Å². The Balaban J connectivity index is 0. The zero-order valence-electron chi connectivity index (χ0n) is 18.0. The van der Waals surface area contributed by atoms with Crippen LogP contribution in [0.25, 0.3) is 0 Å². The number of nitrogens with zero attached hydrogens (tertiary/aromatic N) is 4. The molecule has 0 aliphatic carbocycles. The molecule has 0 aliphatic heterocycles. The van der Waals surface area contributed by atoms with Gasteiger partial charge in [-0.05, 0) is 43.9 Å². The Morgan fingerprint density at radius 3 is 1.48 bits per heavy atom. The summed E-state index contributed by atoms with van der Waals surface area (Å²) >= 11 is 0. The summed E-state index contributed by atoms with van der Waals surface area (Å²) in [5.41, 5.74) is 2.20. The van der Waals surface area contributed by atoms with E-state index in [-0.39, 0.29) is 14.0 Å². The molecule has 6 nitrogen and oxygen atoms in total. The molecule has 0 unspecified atom stereocenters. The largest absolute Gasteiger partial charge is 0.480 e. The summed E-state index contributed by atoms with van der Waals surface area (Å²) in [6, 6.07) is 12.0. The van der Waals surface area contributed by atoms with Gasteiger partial charge in [-0.15, -0.1) is 0 Å². The number of aromatic nitrogens is 2. The predicted molar refractivity (Wildman–Crippen MR) is 122 cm³/mol. The lowest BCUT2D eigenvalue weighted by Crippen LogP contribution is -2.29. The van der Waals surface area contributed by atoms with Gasteiger partial charge in [0.05, 0.1) is 17.9 Å². The molecule has 0 atom stereocenters. The first-order valence-corrected chi connectivity index (χ1v) is 10.0. The quantitative estimate of drug-likeness (QED) is 0.660. The molecule has 0 spiro atoms. The molecule has 0 amide bonds. The van der Waals surface area contributed by atoms with Crippen LogP contribution in [0, 0.1) is 0 Å². The third-order valence-corrected chi connectivity index (χ3v) is 3.92. The highest BCUT2D eigenvalue weighted by Gasteiger charge is 2.05. The van der Waals surface area contributed by atoms with Crippen LogP contribution in [0.15, 0.2) is 48.8 Å². The molecule has 164 valence electrons. The minimum Gasteiger partial charge on any atom is -0.480 e. The van der Waals surface area contributed by atoms with Gasteiger partial charge in [0.2, 0.25) is 0 Å². The molecule has 2 aromatic heterocycles. The number of carboxylic acids is 1. The van der Waals surface area contributed by atoms with Crippen molar-refractivity contribution >= 4 is 5.97 Å². The summed E-state index contributed by atoms with van der Waals surface area (Å²) in [6.45, 7) is 14.6. The standard InChI is InChI=1S/C14H17N3.C6H13NO2.C2H6.CH4/c1-2-17(11-13-7-3-5-9-15-13)12-14-8-4-6-10-16-14;1-3-7(4-2)5-6(8)9;1-2;/h3-10H,2,11-12H2,1H3;3-5H2,1-2H3,(H,8,9);1-2H3;1H4. The number of hydrogen-bond donors (Lipinski definition) is 1. The fraction of sp³-hybridized carbons (Fsp3) is 0.522. The van der Waals surface area contributed by atoms with Crippen LogP contribution in [-0.4, -0.2) is 57.0 Å². The van der Waals surface area contributed by atoms with E-state index in [9.17, 15) is 4.79 Å². The molecule has 29 heavy (non-hydrogen) atoms. The number of carbonyl (C=O) groups is 1. The maximum absolute atomic E-state index is 10.1. The van der Waals surface area contributed by atoms with Gasteiger partial charge in [-0.25, -0.2) is 0 Å². The highest BCUT2D eigenvalue weighted by molar-refractivity contribution is 5.69. The van der Waals surface area contributed by atoms with Crippen molar-refractivity contribution in [3.63, 3.8) is 0 Å². The molecule has 1 N–H and O–H groups in total. The number of rotatable bonds is 9. The lowest BCUT2D eigenvalue weighted by molar-refractivity contribution is -0.138. The molecular weight excluding hydrogens is 364 g/mol. The number of aliphatic carboxylic acids is 1. The fourth-order valence-electron chi connectivity index (χ4n) is 2.36. The molecule has 2 heterocycles. The highest BCUT2D eigenvalue weighted by Crippen LogP contribution is 2.05. The molecule has 0 aliphatic rings. The lowest BCUT2D eigenvalue weighted by atomic mass is 10.3. The van der Waals surface area contributed by atoms with Crippen molar-refractivity contribution in [2.45, 2.75) is 55.1 Å². The first-order valence-electron chi connectivity index (χ1n) is 10.0. The van der Waals surface area contributed by atoms with Crippen molar-refractivity contribution in [3.8, 4) is 0 Å². The molecule has 0 aromatic carbocycles. The summed E-state index contributed by atoms with van der Waals surface area (Å²) in [5.74, 6) is -0.751. The summed E-state index contributed by atoms with van der Waals surface area (Å²) in [5, 5.41) is 8.30. The van der Waals surface area contributed by atoms with Crippen LogP contribution < -0.4 is 0 Å². The van der Waals surface area contributed by atoms with Gasteiger partial charge >= 0.3 is 5.97 Å². The van der Waals surface area contributed by atoms with Gasteiger partial charge in [-0.3, -0.25) is 24.6 Å². The zero-order chi connectivity index (χ0) is 21.2. The monoisotopic (exact) mass is 404 g/mol. The minimum atomic E-state index is -0.751. The molecular formula is C23H40N4O2.